The second kappa shape index (κ2) is 7.01. The second-order valence-electron chi connectivity index (χ2n) is 8.78. The van der Waals surface area contributed by atoms with Gasteiger partial charge in [0.2, 0.25) is 5.95 Å². The molecule has 0 spiro atoms. The van der Waals surface area contributed by atoms with Gasteiger partial charge in [0.15, 0.2) is 5.82 Å². The summed E-state index contributed by atoms with van der Waals surface area (Å²) in [5.41, 5.74) is 0.369. The Morgan fingerprint density at radius 1 is 1.22 bits per heavy atom. The number of halogens is 1. The minimum Gasteiger partial charge on any atom is -0.455 e. The molecule has 6 rings (SSSR count). The number of aromatic nitrogens is 3. The Kier molecular flexibility index (Phi) is 4.21. The summed E-state index contributed by atoms with van der Waals surface area (Å²) in [6.07, 6.45) is 10.7. The third kappa shape index (κ3) is 2.95. The Morgan fingerprint density at radius 3 is 2.75 bits per heavy atom. The van der Waals surface area contributed by atoms with E-state index < -0.39 is 5.82 Å². The molecule has 2 aromatic rings. The summed E-state index contributed by atoms with van der Waals surface area (Å²) in [5, 5.41) is 0. The molecule has 2 aliphatic carbocycles. The number of pyridine rings is 1. The molecule has 4 heterocycles. The smallest absolute Gasteiger partial charge is 0.288 e. The number of rotatable bonds is 3. The predicted octanol–water partition coefficient (Wildman–Crippen LogP) is 1.60. The standard InChI is InChI=1S/C23H23FN6O2/c1-28-20(31)9-18(13-7-8-25-10-16(13)24)26-22(28)29(2)21-14-11-30(12-15(14)21)23-27-17-5-3-4-6-19(17)32-23/h3-10,14-15,17,19,21H,11-12H2,1-2H3/t14-,15+,17?,19?,21+. The average Bonchev–Trinajstić information content (AvgIpc) is 3.13. The fourth-order valence-electron chi connectivity index (χ4n) is 5.16. The molecule has 164 valence electrons. The average molecular weight is 434 g/mol. The number of anilines is 1. The van der Waals surface area contributed by atoms with Gasteiger partial charge in [-0.3, -0.25) is 14.3 Å². The van der Waals surface area contributed by atoms with Crippen LogP contribution in [0.4, 0.5) is 10.3 Å². The van der Waals surface area contributed by atoms with E-state index in [0.717, 1.165) is 25.3 Å². The van der Waals surface area contributed by atoms with Gasteiger partial charge in [0, 0.05) is 62.9 Å². The summed E-state index contributed by atoms with van der Waals surface area (Å²) in [5.74, 6) is 0.922. The van der Waals surface area contributed by atoms with Crippen LogP contribution in [0, 0.1) is 17.7 Å². The SMILES string of the molecule is CN(c1nc(-c2ccncc2F)cc(=O)n1C)[C@H]1[C@@H]2CN(C3=NC4C=CC=CC4O3)C[C@@H]21. The van der Waals surface area contributed by atoms with E-state index >= 15 is 0 Å². The summed E-state index contributed by atoms with van der Waals surface area (Å²) in [6.45, 7) is 1.72. The maximum atomic E-state index is 14.2. The molecular formula is C23H23FN6O2. The van der Waals surface area contributed by atoms with Crippen LogP contribution in [0.5, 0.6) is 0 Å². The number of hydrogen-bond acceptors (Lipinski definition) is 7. The normalized spacial score (nSPS) is 29.4. The molecule has 32 heavy (non-hydrogen) atoms. The van der Waals surface area contributed by atoms with Crippen LogP contribution in [0.1, 0.15) is 0 Å². The molecule has 0 aromatic carbocycles. The first-order valence-corrected chi connectivity index (χ1v) is 10.8. The highest BCUT2D eigenvalue weighted by Crippen LogP contribution is 2.49. The summed E-state index contributed by atoms with van der Waals surface area (Å²) >= 11 is 0. The van der Waals surface area contributed by atoms with Crippen LogP contribution in [0.15, 0.2) is 58.6 Å². The van der Waals surface area contributed by atoms with Crippen molar-refractivity contribution in [2.45, 2.75) is 18.2 Å². The molecule has 0 amide bonds. The first-order valence-electron chi connectivity index (χ1n) is 10.8. The molecule has 1 saturated carbocycles. The Bertz CT molecular complexity index is 1230. The summed E-state index contributed by atoms with van der Waals surface area (Å²) in [7, 11) is 3.65. The topological polar surface area (TPSA) is 75.9 Å². The molecule has 2 unspecified atom stereocenters. The number of hydrogen-bond donors (Lipinski definition) is 0. The zero-order valence-electron chi connectivity index (χ0n) is 17.8. The molecule has 0 bridgehead atoms. The van der Waals surface area contributed by atoms with Crippen LogP contribution in [0.3, 0.4) is 0 Å². The van der Waals surface area contributed by atoms with E-state index in [1.807, 2.05) is 25.3 Å². The molecule has 2 fully saturated rings. The molecule has 0 radical (unpaired) electrons. The van der Waals surface area contributed by atoms with E-state index in [4.69, 9.17) is 9.73 Å². The quantitative estimate of drug-likeness (QED) is 0.731. The number of fused-ring (bicyclic) bond motifs is 2. The zero-order chi connectivity index (χ0) is 22.0. The number of allylic oxidation sites excluding steroid dienone is 2. The van der Waals surface area contributed by atoms with Crippen molar-refractivity contribution in [1.29, 1.82) is 0 Å². The fraction of sp³-hybridized carbons (Fsp3) is 0.391. The molecule has 5 atom stereocenters. The number of piperidine rings is 1. The van der Waals surface area contributed by atoms with Crippen molar-refractivity contribution in [3.8, 4) is 11.3 Å². The van der Waals surface area contributed by atoms with Crippen LogP contribution < -0.4 is 10.5 Å². The molecule has 0 N–H and O–H groups in total. The molecule has 9 heteroatoms. The van der Waals surface area contributed by atoms with Gasteiger partial charge < -0.3 is 14.5 Å². The fourth-order valence-corrected chi connectivity index (χ4v) is 5.16. The van der Waals surface area contributed by atoms with E-state index in [2.05, 4.69) is 25.8 Å². The van der Waals surface area contributed by atoms with Gasteiger partial charge in [0.1, 0.15) is 12.1 Å². The lowest BCUT2D eigenvalue weighted by molar-refractivity contribution is 0.210. The lowest BCUT2D eigenvalue weighted by atomic mass is 10.1. The van der Waals surface area contributed by atoms with Crippen molar-refractivity contribution in [3.63, 3.8) is 0 Å². The number of ether oxygens (including phenoxy) is 1. The second-order valence-corrected chi connectivity index (χ2v) is 8.78. The molecular weight excluding hydrogens is 411 g/mol. The van der Waals surface area contributed by atoms with E-state index in [1.165, 1.54) is 22.9 Å². The van der Waals surface area contributed by atoms with Gasteiger partial charge in [-0.05, 0) is 12.1 Å². The lowest BCUT2D eigenvalue weighted by Crippen LogP contribution is -2.38. The maximum absolute atomic E-state index is 14.2. The highest BCUT2D eigenvalue weighted by Gasteiger charge is 2.59. The first kappa shape index (κ1) is 19.2. The lowest BCUT2D eigenvalue weighted by Gasteiger charge is -2.27. The van der Waals surface area contributed by atoms with Crippen LogP contribution in [0.2, 0.25) is 0 Å². The Balaban J connectivity index is 1.20. The third-order valence-corrected chi connectivity index (χ3v) is 6.90. The molecule has 2 aliphatic heterocycles. The minimum absolute atomic E-state index is 0.000411. The molecule has 8 nitrogen and oxygen atoms in total. The highest BCUT2D eigenvalue weighted by atomic mass is 19.1. The summed E-state index contributed by atoms with van der Waals surface area (Å²) < 4.78 is 21.8. The summed E-state index contributed by atoms with van der Waals surface area (Å²) in [6, 6.07) is 3.97. The van der Waals surface area contributed by atoms with Crippen LogP contribution in [-0.2, 0) is 11.8 Å². The third-order valence-electron chi connectivity index (χ3n) is 6.90. The number of aliphatic imine (C=N–C) groups is 1. The van der Waals surface area contributed by atoms with Gasteiger partial charge in [-0.1, -0.05) is 18.2 Å². The zero-order valence-corrected chi connectivity index (χ0v) is 17.8. The Morgan fingerprint density at radius 2 is 2.00 bits per heavy atom. The van der Waals surface area contributed by atoms with Crippen molar-refractivity contribution < 1.29 is 9.13 Å². The van der Waals surface area contributed by atoms with Crippen molar-refractivity contribution >= 4 is 12.0 Å². The van der Waals surface area contributed by atoms with E-state index in [9.17, 15) is 9.18 Å². The van der Waals surface area contributed by atoms with Crippen LogP contribution in [-0.4, -0.2) is 63.8 Å². The predicted molar refractivity (Wildman–Crippen MR) is 118 cm³/mol. The van der Waals surface area contributed by atoms with Crippen molar-refractivity contribution in [3.05, 3.63) is 65.0 Å². The largest absolute Gasteiger partial charge is 0.455 e. The Hall–Kier alpha value is -3.49. The Labute approximate surface area is 184 Å². The maximum Gasteiger partial charge on any atom is 0.288 e. The molecule has 1 saturated heterocycles. The van der Waals surface area contributed by atoms with Gasteiger partial charge in [0.05, 0.1) is 11.9 Å². The van der Waals surface area contributed by atoms with Gasteiger partial charge in [-0.2, -0.15) is 0 Å². The van der Waals surface area contributed by atoms with Crippen molar-refractivity contribution in [2.75, 3.05) is 25.0 Å². The van der Waals surface area contributed by atoms with E-state index in [-0.39, 0.29) is 29.3 Å². The van der Waals surface area contributed by atoms with Gasteiger partial charge in [0.25, 0.3) is 11.6 Å². The van der Waals surface area contributed by atoms with E-state index in [0.29, 0.717) is 23.5 Å². The van der Waals surface area contributed by atoms with E-state index in [1.54, 1.807) is 7.05 Å². The highest BCUT2D eigenvalue weighted by molar-refractivity contribution is 5.77. The van der Waals surface area contributed by atoms with Gasteiger partial charge in [-0.25, -0.2) is 14.4 Å². The van der Waals surface area contributed by atoms with Crippen molar-refractivity contribution in [2.24, 2.45) is 23.9 Å². The van der Waals surface area contributed by atoms with Gasteiger partial charge in [-0.15, -0.1) is 0 Å². The number of amidine groups is 1. The van der Waals surface area contributed by atoms with Gasteiger partial charge >= 0.3 is 0 Å². The number of likely N-dealkylation sites (tertiary alicyclic amines) is 1. The monoisotopic (exact) mass is 434 g/mol. The van der Waals surface area contributed by atoms with Crippen molar-refractivity contribution in [1.82, 2.24) is 19.4 Å². The molecule has 4 aliphatic rings. The van der Waals surface area contributed by atoms with Crippen LogP contribution >= 0.6 is 0 Å². The molecule has 2 aromatic heterocycles. The number of nitrogens with zero attached hydrogens (tertiary/aromatic N) is 6. The van der Waals surface area contributed by atoms with Crippen LogP contribution in [0.25, 0.3) is 11.3 Å². The summed E-state index contributed by atoms with van der Waals surface area (Å²) in [4.78, 5) is 30.0. The minimum atomic E-state index is -0.497. The first-order chi connectivity index (χ1) is 15.5.